The van der Waals surface area contributed by atoms with Crippen LogP contribution in [0.2, 0.25) is 10.0 Å². The van der Waals surface area contributed by atoms with E-state index in [9.17, 15) is 4.79 Å². The van der Waals surface area contributed by atoms with Crippen molar-refractivity contribution in [2.75, 3.05) is 13.1 Å². The van der Waals surface area contributed by atoms with Crippen LogP contribution in [0.25, 0.3) is 0 Å². The molecule has 0 spiro atoms. The summed E-state index contributed by atoms with van der Waals surface area (Å²) in [6, 6.07) is 5.00. The molecule has 1 amide bonds. The molecule has 1 atom stereocenters. The fourth-order valence-electron chi connectivity index (χ4n) is 2.92. The lowest BCUT2D eigenvalue weighted by Gasteiger charge is -2.32. The van der Waals surface area contributed by atoms with Crippen LogP contribution in [0, 0.1) is 0 Å². The van der Waals surface area contributed by atoms with Gasteiger partial charge in [-0.15, -0.1) is 0 Å². The van der Waals surface area contributed by atoms with E-state index in [2.05, 4.69) is 5.10 Å². The molecule has 2 heterocycles. The van der Waals surface area contributed by atoms with Gasteiger partial charge in [-0.25, -0.2) is 0 Å². The van der Waals surface area contributed by atoms with Crippen molar-refractivity contribution in [3.8, 4) is 0 Å². The van der Waals surface area contributed by atoms with Crippen molar-refractivity contribution in [1.29, 1.82) is 0 Å². The van der Waals surface area contributed by atoms with Crippen LogP contribution in [0.3, 0.4) is 0 Å². The smallest absolute Gasteiger partial charge is 0.255 e. The highest BCUT2D eigenvalue weighted by atomic mass is 35.5. The van der Waals surface area contributed by atoms with E-state index in [4.69, 9.17) is 23.2 Å². The van der Waals surface area contributed by atoms with Crippen molar-refractivity contribution in [2.45, 2.75) is 18.8 Å². The summed E-state index contributed by atoms with van der Waals surface area (Å²) >= 11 is 12.0. The lowest BCUT2D eigenvalue weighted by atomic mass is 9.92. The number of piperidine rings is 1. The minimum Gasteiger partial charge on any atom is -0.338 e. The third-order valence-electron chi connectivity index (χ3n) is 4.07. The number of rotatable bonds is 2. The van der Waals surface area contributed by atoms with Gasteiger partial charge in [-0.1, -0.05) is 23.2 Å². The first-order valence-corrected chi connectivity index (χ1v) is 8.03. The molecule has 0 radical (unpaired) electrons. The van der Waals surface area contributed by atoms with Crippen molar-refractivity contribution in [1.82, 2.24) is 14.7 Å². The Labute approximate surface area is 139 Å². The first kappa shape index (κ1) is 15.4. The van der Waals surface area contributed by atoms with Crippen LogP contribution >= 0.6 is 23.2 Å². The largest absolute Gasteiger partial charge is 0.338 e. The molecule has 22 heavy (non-hydrogen) atoms. The highest BCUT2D eigenvalue weighted by molar-refractivity contribution is 6.36. The van der Waals surface area contributed by atoms with Crippen molar-refractivity contribution in [3.63, 3.8) is 0 Å². The zero-order valence-corrected chi connectivity index (χ0v) is 13.8. The average molecular weight is 338 g/mol. The van der Waals surface area contributed by atoms with Gasteiger partial charge in [-0.05, 0) is 36.6 Å². The molecular formula is C16H17Cl2N3O. The molecule has 1 saturated heterocycles. The minimum atomic E-state index is -0.0322. The second-order valence-corrected chi connectivity index (χ2v) is 6.51. The fraction of sp³-hybridized carbons (Fsp3) is 0.375. The summed E-state index contributed by atoms with van der Waals surface area (Å²) in [5, 5.41) is 5.16. The van der Waals surface area contributed by atoms with E-state index >= 15 is 0 Å². The molecule has 6 heteroatoms. The Morgan fingerprint density at radius 2 is 2.18 bits per heavy atom. The Bertz CT molecular complexity index is 698. The number of aromatic nitrogens is 2. The van der Waals surface area contributed by atoms with Gasteiger partial charge in [0, 0.05) is 37.3 Å². The Balaban J connectivity index is 1.78. The van der Waals surface area contributed by atoms with Crippen LogP contribution in [0.5, 0.6) is 0 Å². The zero-order chi connectivity index (χ0) is 15.7. The summed E-state index contributed by atoms with van der Waals surface area (Å²) in [5.74, 6) is 0.299. The second kappa shape index (κ2) is 6.31. The van der Waals surface area contributed by atoms with Crippen molar-refractivity contribution < 1.29 is 4.79 Å². The third-order valence-corrected chi connectivity index (χ3v) is 4.61. The quantitative estimate of drug-likeness (QED) is 0.836. The first-order chi connectivity index (χ1) is 10.5. The molecule has 3 rings (SSSR count). The van der Waals surface area contributed by atoms with Gasteiger partial charge >= 0.3 is 0 Å². The number of aryl methyl sites for hydroxylation is 1. The molecule has 0 aliphatic carbocycles. The molecule has 116 valence electrons. The number of likely N-dealkylation sites (tertiary alicyclic amines) is 1. The van der Waals surface area contributed by atoms with Crippen molar-refractivity contribution in [3.05, 3.63) is 51.8 Å². The lowest BCUT2D eigenvalue weighted by Crippen LogP contribution is -2.39. The molecule has 1 aliphatic rings. The van der Waals surface area contributed by atoms with Gasteiger partial charge in [-0.3, -0.25) is 9.48 Å². The SMILES string of the molecule is Cn1cc(C2CCCN(C(=O)c3ccc(Cl)cc3Cl)C2)cn1. The summed E-state index contributed by atoms with van der Waals surface area (Å²) in [6.07, 6.45) is 5.96. The summed E-state index contributed by atoms with van der Waals surface area (Å²) in [4.78, 5) is 14.6. The van der Waals surface area contributed by atoms with Gasteiger partial charge < -0.3 is 4.90 Å². The number of hydrogen-bond acceptors (Lipinski definition) is 2. The Hall–Kier alpha value is -1.52. The van der Waals surface area contributed by atoms with Gasteiger partial charge in [0.1, 0.15) is 0 Å². The zero-order valence-electron chi connectivity index (χ0n) is 12.3. The third kappa shape index (κ3) is 3.13. The number of amides is 1. The number of hydrogen-bond donors (Lipinski definition) is 0. The second-order valence-electron chi connectivity index (χ2n) is 5.66. The number of nitrogens with zero attached hydrogens (tertiary/aromatic N) is 3. The average Bonchev–Trinajstić information content (AvgIpc) is 2.93. The van der Waals surface area contributed by atoms with Gasteiger partial charge in [0.05, 0.1) is 16.8 Å². The maximum Gasteiger partial charge on any atom is 0.255 e. The maximum absolute atomic E-state index is 12.7. The van der Waals surface area contributed by atoms with E-state index < -0.39 is 0 Å². The normalized spacial score (nSPS) is 18.5. The van der Waals surface area contributed by atoms with E-state index in [1.165, 1.54) is 5.56 Å². The highest BCUT2D eigenvalue weighted by Crippen LogP contribution is 2.29. The molecule has 1 fully saturated rings. The Morgan fingerprint density at radius 1 is 1.36 bits per heavy atom. The van der Waals surface area contributed by atoms with E-state index in [1.54, 1.807) is 22.9 Å². The summed E-state index contributed by atoms with van der Waals surface area (Å²) in [7, 11) is 1.91. The first-order valence-electron chi connectivity index (χ1n) is 7.27. The highest BCUT2D eigenvalue weighted by Gasteiger charge is 2.27. The molecule has 0 N–H and O–H groups in total. The molecule has 1 unspecified atom stereocenters. The summed E-state index contributed by atoms with van der Waals surface area (Å²) in [6.45, 7) is 1.46. The predicted molar refractivity (Wildman–Crippen MR) is 87.5 cm³/mol. The van der Waals surface area contributed by atoms with Crippen LogP contribution in [0.1, 0.15) is 34.7 Å². The number of carbonyl (C=O) groups excluding carboxylic acids is 1. The Kier molecular flexibility index (Phi) is 4.41. The van der Waals surface area contributed by atoms with Crippen LogP contribution in [0.15, 0.2) is 30.6 Å². The standard InChI is InChI=1S/C16H17Cl2N3O/c1-20-9-12(8-19-20)11-3-2-6-21(10-11)16(22)14-5-4-13(17)7-15(14)18/h4-5,7-9,11H,2-3,6,10H2,1H3. The van der Waals surface area contributed by atoms with E-state index in [1.807, 2.05) is 24.3 Å². The van der Waals surface area contributed by atoms with Gasteiger partial charge in [-0.2, -0.15) is 5.10 Å². The fourth-order valence-corrected chi connectivity index (χ4v) is 3.41. The van der Waals surface area contributed by atoms with Crippen molar-refractivity contribution >= 4 is 29.1 Å². The van der Waals surface area contributed by atoms with E-state index in [0.29, 0.717) is 28.1 Å². The molecule has 1 aliphatic heterocycles. The number of halogens is 2. The number of benzene rings is 1. The van der Waals surface area contributed by atoms with Crippen molar-refractivity contribution in [2.24, 2.45) is 7.05 Å². The van der Waals surface area contributed by atoms with Crippen LogP contribution in [-0.2, 0) is 7.05 Å². The molecular weight excluding hydrogens is 321 g/mol. The van der Waals surface area contributed by atoms with E-state index in [-0.39, 0.29) is 5.91 Å². The molecule has 2 aromatic rings. The van der Waals surface area contributed by atoms with Crippen LogP contribution in [0.4, 0.5) is 0 Å². The maximum atomic E-state index is 12.7. The van der Waals surface area contributed by atoms with Crippen LogP contribution < -0.4 is 0 Å². The lowest BCUT2D eigenvalue weighted by molar-refractivity contribution is 0.0707. The molecule has 0 bridgehead atoms. The summed E-state index contributed by atoms with van der Waals surface area (Å²) < 4.78 is 1.80. The Morgan fingerprint density at radius 3 is 2.86 bits per heavy atom. The molecule has 4 nitrogen and oxygen atoms in total. The monoisotopic (exact) mass is 337 g/mol. The van der Waals surface area contributed by atoms with E-state index in [0.717, 1.165) is 19.4 Å². The minimum absolute atomic E-state index is 0.0322. The number of carbonyl (C=O) groups is 1. The summed E-state index contributed by atoms with van der Waals surface area (Å²) in [5.41, 5.74) is 1.69. The molecule has 1 aromatic heterocycles. The van der Waals surface area contributed by atoms with Gasteiger partial charge in [0.2, 0.25) is 0 Å². The predicted octanol–water partition coefficient (Wildman–Crippen LogP) is 3.75. The van der Waals surface area contributed by atoms with Crippen LogP contribution in [-0.4, -0.2) is 33.7 Å². The van der Waals surface area contributed by atoms with Gasteiger partial charge in [0.25, 0.3) is 5.91 Å². The molecule has 0 saturated carbocycles. The topological polar surface area (TPSA) is 38.1 Å². The van der Waals surface area contributed by atoms with Gasteiger partial charge in [0.15, 0.2) is 0 Å². The molecule has 1 aromatic carbocycles.